The van der Waals surface area contributed by atoms with Crippen molar-refractivity contribution in [3.05, 3.63) is 28.2 Å². The summed E-state index contributed by atoms with van der Waals surface area (Å²) in [7, 11) is 1.29. The van der Waals surface area contributed by atoms with Gasteiger partial charge in [-0.1, -0.05) is 15.9 Å². The number of halogens is 1. The molecule has 0 amide bonds. The van der Waals surface area contributed by atoms with E-state index in [0.29, 0.717) is 11.3 Å². The number of esters is 1. The van der Waals surface area contributed by atoms with Crippen LogP contribution in [0, 0.1) is 0 Å². The van der Waals surface area contributed by atoms with E-state index in [1.165, 1.54) is 14.0 Å². The van der Waals surface area contributed by atoms with Gasteiger partial charge in [-0.25, -0.2) is 4.79 Å². The predicted molar refractivity (Wildman–Crippen MR) is 66.3 cm³/mol. The summed E-state index contributed by atoms with van der Waals surface area (Å²) in [5.41, 5.74) is 0.434. The first-order valence-electron chi connectivity index (χ1n) is 5.00. The number of methoxy groups -OCH3 is 1. The van der Waals surface area contributed by atoms with Gasteiger partial charge in [0, 0.05) is 4.47 Å². The first-order valence-corrected chi connectivity index (χ1v) is 5.80. The maximum atomic E-state index is 11.4. The third kappa shape index (κ3) is 3.56. The van der Waals surface area contributed by atoms with Crippen LogP contribution in [0.1, 0.15) is 24.2 Å². The van der Waals surface area contributed by atoms with Crippen LogP contribution in [-0.4, -0.2) is 25.0 Å². The molecule has 0 radical (unpaired) electrons. The fourth-order valence-corrected chi connectivity index (χ4v) is 1.63. The van der Waals surface area contributed by atoms with Crippen LogP contribution >= 0.6 is 15.9 Å². The van der Waals surface area contributed by atoms with Gasteiger partial charge >= 0.3 is 5.97 Å². The molecule has 0 bridgehead atoms. The van der Waals surface area contributed by atoms with Gasteiger partial charge in [-0.15, -0.1) is 0 Å². The Hall–Kier alpha value is -1.36. The van der Waals surface area contributed by atoms with E-state index in [2.05, 4.69) is 20.7 Å². The first-order chi connectivity index (χ1) is 7.95. The number of hydrogen-bond donors (Lipinski definition) is 0. The highest BCUT2D eigenvalue weighted by molar-refractivity contribution is 9.10. The third-order valence-electron chi connectivity index (χ3n) is 2.16. The first kappa shape index (κ1) is 13.7. The van der Waals surface area contributed by atoms with Gasteiger partial charge in [0.2, 0.25) is 0 Å². The van der Waals surface area contributed by atoms with E-state index in [0.717, 1.165) is 4.47 Å². The van der Waals surface area contributed by atoms with Gasteiger partial charge in [0.15, 0.2) is 11.9 Å². The maximum Gasteiger partial charge on any atom is 0.346 e. The Morgan fingerprint density at radius 1 is 1.35 bits per heavy atom. The van der Waals surface area contributed by atoms with Gasteiger partial charge in [0.25, 0.3) is 0 Å². The van der Waals surface area contributed by atoms with Crippen LogP contribution in [0.5, 0.6) is 5.75 Å². The lowest BCUT2D eigenvalue weighted by atomic mass is 10.1. The van der Waals surface area contributed by atoms with Crippen LogP contribution < -0.4 is 4.74 Å². The normalized spacial score (nSPS) is 11.8. The molecule has 0 spiro atoms. The van der Waals surface area contributed by atoms with E-state index in [9.17, 15) is 9.59 Å². The van der Waals surface area contributed by atoms with E-state index < -0.39 is 12.1 Å². The quantitative estimate of drug-likeness (QED) is 0.633. The van der Waals surface area contributed by atoms with Crippen LogP contribution in [0.25, 0.3) is 0 Å². The van der Waals surface area contributed by atoms with Crippen molar-refractivity contribution >= 4 is 27.7 Å². The highest BCUT2D eigenvalue weighted by atomic mass is 79.9. The molecule has 1 aromatic carbocycles. The Labute approximate surface area is 108 Å². The molecule has 5 heteroatoms. The summed E-state index contributed by atoms with van der Waals surface area (Å²) < 4.78 is 10.7. The van der Waals surface area contributed by atoms with Crippen LogP contribution in [0.4, 0.5) is 0 Å². The highest BCUT2D eigenvalue weighted by Gasteiger charge is 2.18. The summed E-state index contributed by atoms with van der Waals surface area (Å²) in [5, 5.41) is 0. The molecule has 1 unspecified atom stereocenters. The Bertz CT molecular complexity index is 442. The highest BCUT2D eigenvalue weighted by Crippen LogP contribution is 2.25. The molecule has 17 heavy (non-hydrogen) atoms. The zero-order chi connectivity index (χ0) is 13.0. The van der Waals surface area contributed by atoms with Crippen molar-refractivity contribution < 1.29 is 19.1 Å². The lowest BCUT2D eigenvalue weighted by molar-refractivity contribution is -0.147. The van der Waals surface area contributed by atoms with Crippen LogP contribution in [0.3, 0.4) is 0 Å². The molecule has 1 atom stereocenters. The molecule has 0 saturated heterocycles. The number of carbonyl (C=O) groups is 2. The number of hydrogen-bond acceptors (Lipinski definition) is 4. The molecule has 92 valence electrons. The molecule has 0 N–H and O–H groups in total. The standard InChI is InChI=1S/C12H13BrO4/c1-7(14)10-5-4-9(13)6-11(10)17-8(2)12(15)16-3/h4-6,8H,1-3H3. The predicted octanol–water partition coefficient (Wildman–Crippen LogP) is 2.59. The second-order valence-corrected chi connectivity index (χ2v) is 4.40. The Morgan fingerprint density at radius 2 is 2.00 bits per heavy atom. The minimum atomic E-state index is -0.757. The van der Waals surface area contributed by atoms with E-state index in [1.807, 2.05) is 0 Å². The van der Waals surface area contributed by atoms with Crippen molar-refractivity contribution in [3.8, 4) is 5.75 Å². The number of ether oxygens (including phenoxy) is 2. The zero-order valence-electron chi connectivity index (χ0n) is 9.82. The Morgan fingerprint density at radius 3 is 2.53 bits per heavy atom. The Balaban J connectivity index is 3.00. The molecule has 0 aliphatic carbocycles. The van der Waals surface area contributed by atoms with Gasteiger partial charge in [-0.2, -0.15) is 0 Å². The van der Waals surface area contributed by atoms with Crippen molar-refractivity contribution in [2.75, 3.05) is 7.11 Å². The molecule has 0 aromatic heterocycles. The van der Waals surface area contributed by atoms with Gasteiger partial charge < -0.3 is 9.47 Å². The van der Waals surface area contributed by atoms with E-state index >= 15 is 0 Å². The van der Waals surface area contributed by atoms with E-state index in [1.54, 1.807) is 25.1 Å². The summed E-state index contributed by atoms with van der Waals surface area (Å²) in [6, 6.07) is 5.04. The van der Waals surface area contributed by atoms with Crippen LogP contribution in [0.15, 0.2) is 22.7 Å². The third-order valence-corrected chi connectivity index (χ3v) is 2.65. The molecule has 1 aromatic rings. The second kappa shape index (κ2) is 5.82. The molecule has 4 nitrogen and oxygen atoms in total. The molecular weight excluding hydrogens is 288 g/mol. The average Bonchev–Trinajstić information content (AvgIpc) is 2.27. The SMILES string of the molecule is COC(=O)C(C)Oc1cc(Br)ccc1C(C)=O. The molecule has 0 saturated carbocycles. The summed E-state index contributed by atoms with van der Waals surface area (Å²) in [6.45, 7) is 3.01. The van der Waals surface area contributed by atoms with Gasteiger partial charge in [0.1, 0.15) is 5.75 Å². The smallest absolute Gasteiger partial charge is 0.346 e. The minimum absolute atomic E-state index is 0.121. The average molecular weight is 301 g/mol. The topological polar surface area (TPSA) is 52.6 Å². The monoisotopic (exact) mass is 300 g/mol. The molecule has 1 rings (SSSR count). The molecule has 0 aliphatic rings. The van der Waals surface area contributed by atoms with Gasteiger partial charge in [0.05, 0.1) is 12.7 Å². The molecular formula is C12H13BrO4. The number of Topliss-reactive ketones (excluding diaryl/α,β-unsaturated/α-hetero) is 1. The Kier molecular flexibility index (Phi) is 4.69. The summed E-state index contributed by atoms with van der Waals surface area (Å²) in [4.78, 5) is 22.6. The van der Waals surface area contributed by atoms with E-state index in [-0.39, 0.29) is 5.78 Å². The van der Waals surface area contributed by atoms with Gasteiger partial charge in [-0.3, -0.25) is 4.79 Å². The van der Waals surface area contributed by atoms with Crippen molar-refractivity contribution in [1.82, 2.24) is 0 Å². The van der Waals surface area contributed by atoms with Crippen molar-refractivity contribution in [2.24, 2.45) is 0 Å². The largest absolute Gasteiger partial charge is 0.478 e. The van der Waals surface area contributed by atoms with Crippen molar-refractivity contribution in [2.45, 2.75) is 20.0 Å². The number of ketones is 1. The minimum Gasteiger partial charge on any atom is -0.478 e. The molecule has 0 fully saturated rings. The van der Waals surface area contributed by atoms with Crippen molar-refractivity contribution in [1.29, 1.82) is 0 Å². The van der Waals surface area contributed by atoms with Crippen LogP contribution in [0.2, 0.25) is 0 Å². The summed E-state index contributed by atoms with van der Waals surface area (Å²) in [5.74, 6) is -0.242. The summed E-state index contributed by atoms with van der Waals surface area (Å²) in [6.07, 6.45) is -0.757. The summed E-state index contributed by atoms with van der Waals surface area (Å²) >= 11 is 3.28. The molecule has 0 aliphatic heterocycles. The lowest BCUT2D eigenvalue weighted by Gasteiger charge is -2.14. The lowest BCUT2D eigenvalue weighted by Crippen LogP contribution is -2.25. The number of benzene rings is 1. The van der Waals surface area contributed by atoms with E-state index in [4.69, 9.17) is 4.74 Å². The number of rotatable bonds is 4. The fraction of sp³-hybridized carbons (Fsp3) is 0.333. The van der Waals surface area contributed by atoms with Gasteiger partial charge in [-0.05, 0) is 32.0 Å². The second-order valence-electron chi connectivity index (χ2n) is 3.48. The molecule has 0 heterocycles. The maximum absolute atomic E-state index is 11.4. The van der Waals surface area contributed by atoms with Crippen molar-refractivity contribution in [3.63, 3.8) is 0 Å². The number of carbonyl (C=O) groups excluding carboxylic acids is 2. The zero-order valence-corrected chi connectivity index (χ0v) is 11.4. The van der Waals surface area contributed by atoms with Crippen LogP contribution in [-0.2, 0) is 9.53 Å². The fourth-order valence-electron chi connectivity index (χ4n) is 1.29.